The maximum absolute atomic E-state index is 10.7. The van der Waals surface area contributed by atoms with Crippen molar-refractivity contribution < 1.29 is 19.4 Å². The molecule has 0 saturated carbocycles. The number of aliphatic carboxylic acids is 1. The molecule has 1 aromatic rings. The van der Waals surface area contributed by atoms with Crippen molar-refractivity contribution in [2.45, 2.75) is 12.5 Å². The fraction of sp³-hybridized carbons (Fsp3) is 0.364. The molecular formula is C11H12ClNO4. The van der Waals surface area contributed by atoms with E-state index in [-0.39, 0.29) is 6.42 Å². The highest BCUT2D eigenvalue weighted by molar-refractivity contribution is 6.32. The molecule has 0 amide bonds. The minimum atomic E-state index is -1.05. The van der Waals surface area contributed by atoms with Crippen LogP contribution in [0.4, 0.5) is 0 Å². The summed E-state index contributed by atoms with van der Waals surface area (Å²) in [7, 11) is 0. The maximum atomic E-state index is 10.7. The number of carbonyl (C=O) groups is 1. The van der Waals surface area contributed by atoms with Crippen molar-refractivity contribution in [3.8, 4) is 11.5 Å². The van der Waals surface area contributed by atoms with E-state index in [2.05, 4.69) is 0 Å². The van der Waals surface area contributed by atoms with Gasteiger partial charge >= 0.3 is 5.97 Å². The molecule has 0 saturated heterocycles. The Morgan fingerprint density at radius 1 is 1.41 bits per heavy atom. The lowest BCUT2D eigenvalue weighted by atomic mass is 10.0. The van der Waals surface area contributed by atoms with Crippen LogP contribution in [0.2, 0.25) is 5.02 Å². The molecule has 2 rings (SSSR count). The number of hydrogen-bond donors (Lipinski definition) is 2. The number of rotatable bonds is 3. The Morgan fingerprint density at radius 2 is 2.06 bits per heavy atom. The number of halogens is 1. The van der Waals surface area contributed by atoms with Gasteiger partial charge in [0.25, 0.3) is 0 Å². The third kappa shape index (κ3) is 2.45. The summed E-state index contributed by atoms with van der Waals surface area (Å²) in [6.07, 6.45) is 0.179. The van der Waals surface area contributed by atoms with Crippen LogP contribution in [-0.4, -0.2) is 30.3 Å². The molecule has 1 aromatic carbocycles. The highest BCUT2D eigenvalue weighted by atomic mass is 35.5. The second-order valence-electron chi connectivity index (χ2n) is 3.71. The number of ether oxygens (including phenoxy) is 2. The van der Waals surface area contributed by atoms with Crippen molar-refractivity contribution in [1.29, 1.82) is 0 Å². The molecule has 5 nitrogen and oxygen atoms in total. The average molecular weight is 258 g/mol. The van der Waals surface area contributed by atoms with Crippen LogP contribution in [0.25, 0.3) is 0 Å². The van der Waals surface area contributed by atoms with Crippen LogP contribution in [0.15, 0.2) is 12.1 Å². The molecule has 0 aromatic heterocycles. The number of carboxylic acid groups (broad SMARTS) is 1. The molecule has 1 aliphatic rings. The van der Waals surface area contributed by atoms with E-state index in [1.807, 2.05) is 0 Å². The zero-order valence-corrected chi connectivity index (χ0v) is 9.74. The summed E-state index contributed by atoms with van der Waals surface area (Å²) in [6, 6.07) is 2.39. The normalized spacial score (nSPS) is 15.4. The maximum Gasteiger partial charge on any atom is 0.320 e. The number of benzene rings is 1. The van der Waals surface area contributed by atoms with Crippen molar-refractivity contribution in [3.63, 3.8) is 0 Å². The predicted octanol–water partition coefficient (Wildman–Crippen LogP) is 1.07. The van der Waals surface area contributed by atoms with E-state index in [9.17, 15) is 4.79 Å². The summed E-state index contributed by atoms with van der Waals surface area (Å²) in [5, 5.41) is 9.23. The first-order chi connectivity index (χ1) is 8.09. The molecule has 6 heteroatoms. The smallest absolute Gasteiger partial charge is 0.320 e. The van der Waals surface area contributed by atoms with Gasteiger partial charge in [0, 0.05) is 12.0 Å². The third-order valence-electron chi connectivity index (χ3n) is 2.48. The Bertz CT molecular complexity index is 449. The molecule has 92 valence electrons. The number of fused-ring (bicyclic) bond motifs is 1. The summed E-state index contributed by atoms with van der Waals surface area (Å²) >= 11 is 5.96. The van der Waals surface area contributed by atoms with E-state index in [1.54, 1.807) is 12.1 Å². The van der Waals surface area contributed by atoms with Gasteiger partial charge in [-0.15, -0.1) is 0 Å². The molecule has 0 fully saturated rings. The van der Waals surface area contributed by atoms with E-state index in [0.29, 0.717) is 35.3 Å². The van der Waals surface area contributed by atoms with Crippen LogP contribution in [0.5, 0.6) is 11.5 Å². The molecule has 1 aliphatic heterocycles. The first-order valence-corrected chi connectivity index (χ1v) is 5.52. The van der Waals surface area contributed by atoms with E-state index >= 15 is 0 Å². The summed E-state index contributed by atoms with van der Waals surface area (Å²) in [6.45, 7) is 0.851. The average Bonchev–Trinajstić information content (AvgIpc) is 2.33. The van der Waals surface area contributed by atoms with Crippen molar-refractivity contribution in [2.75, 3.05) is 13.2 Å². The van der Waals surface area contributed by atoms with E-state index in [1.165, 1.54) is 0 Å². The molecule has 0 aliphatic carbocycles. The molecule has 3 N–H and O–H groups in total. The zero-order chi connectivity index (χ0) is 12.4. The van der Waals surface area contributed by atoms with Crippen molar-refractivity contribution >= 4 is 17.6 Å². The van der Waals surface area contributed by atoms with Gasteiger partial charge in [-0.25, -0.2) is 0 Å². The van der Waals surface area contributed by atoms with Gasteiger partial charge in [-0.2, -0.15) is 0 Å². The molecule has 0 spiro atoms. The third-order valence-corrected chi connectivity index (χ3v) is 2.78. The van der Waals surface area contributed by atoms with Crippen LogP contribution in [0.3, 0.4) is 0 Å². The highest BCUT2D eigenvalue weighted by Gasteiger charge is 2.22. The van der Waals surface area contributed by atoms with Gasteiger partial charge in [-0.3, -0.25) is 4.79 Å². The fourth-order valence-corrected chi connectivity index (χ4v) is 1.85. The van der Waals surface area contributed by atoms with E-state index < -0.39 is 12.0 Å². The lowest BCUT2D eigenvalue weighted by Crippen LogP contribution is -2.32. The van der Waals surface area contributed by atoms with Gasteiger partial charge in [-0.05, 0) is 6.07 Å². The van der Waals surface area contributed by atoms with Gasteiger partial charge in [0.15, 0.2) is 11.5 Å². The van der Waals surface area contributed by atoms with Gasteiger partial charge in [-0.1, -0.05) is 17.7 Å². The molecule has 0 radical (unpaired) electrons. The summed E-state index contributed by atoms with van der Waals surface area (Å²) in [4.78, 5) is 10.7. The molecule has 1 unspecified atom stereocenters. The number of carboxylic acids is 1. The Hall–Kier alpha value is -1.46. The Labute approximate surface area is 103 Å². The van der Waals surface area contributed by atoms with E-state index in [4.69, 9.17) is 31.9 Å². The summed E-state index contributed by atoms with van der Waals surface area (Å²) in [5.41, 5.74) is 6.18. The number of hydrogen-bond acceptors (Lipinski definition) is 4. The topological polar surface area (TPSA) is 81.8 Å². The zero-order valence-electron chi connectivity index (χ0n) is 8.98. The minimum Gasteiger partial charge on any atom is -0.486 e. The van der Waals surface area contributed by atoms with Gasteiger partial charge in [0.2, 0.25) is 0 Å². The molecule has 1 heterocycles. The van der Waals surface area contributed by atoms with Crippen LogP contribution in [-0.2, 0) is 11.2 Å². The Morgan fingerprint density at radius 3 is 2.71 bits per heavy atom. The second kappa shape index (κ2) is 4.81. The first kappa shape index (κ1) is 12.0. The molecule has 0 bridgehead atoms. The van der Waals surface area contributed by atoms with Gasteiger partial charge < -0.3 is 20.3 Å². The van der Waals surface area contributed by atoms with Crippen molar-refractivity contribution in [2.24, 2.45) is 5.73 Å². The lowest BCUT2D eigenvalue weighted by molar-refractivity contribution is -0.138. The van der Waals surface area contributed by atoms with Crippen LogP contribution in [0, 0.1) is 0 Å². The minimum absolute atomic E-state index is 0.179. The fourth-order valence-electron chi connectivity index (χ4n) is 1.64. The van der Waals surface area contributed by atoms with Crippen molar-refractivity contribution in [3.05, 3.63) is 22.7 Å². The largest absolute Gasteiger partial charge is 0.486 e. The van der Waals surface area contributed by atoms with E-state index in [0.717, 1.165) is 0 Å². The SMILES string of the molecule is NC(Cc1ccc(Cl)c2c1OCCO2)C(=O)O. The predicted molar refractivity (Wildman–Crippen MR) is 61.8 cm³/mol. The van der Waals surface area contributed by atoms with Gasteiger partial charge in [0.05, 0.1) is 5.02 Å². The molecule has 17 heavy (non-hydrogen) atoms. The van der Waals surface area contributed by atoms with Gasteiger partial charge in [0.1, 0.15) is 19.3 Å². The first-order valence-electron chi connectivity index (χ1n) is 5.15. The summed E-state index contributed by atoms with van der Waals surface area (Å²) in [5.74, 6) is -0.0844. The lowest BCUT2D eigenvalue weighted by Gasteiger charge is -2.22. The highest BCUT2D eigenvalue weighted by Crippen LogP contribution is 2.40. The standard InChI is InChI=1S/C11H12ClNO4/c12-7-2-1-6(5-8(13)11(14)15)9-10(7)17-4-3-16-9/h1-2,8H,3-5,13H2,(H,14,15). The quantitative estimate of drug-likeness (QED) is 0.846. The number of nitrogens with two attached hydrogens (primary N) is 1. The molecule has 1 atom stereocenters. The van der Waals surface area contributed by atoms with Crippen LogP contribution in [0.1, 0.15) is 5.56 Å². The van der Waals surface area contributed by atoms with Crippen LogP contribution >= 0.6 is 11.6 Å². The second-order valence-corrected chi connectivity index (χ2v) is 4.12. The van der Waals surface area contributed by atoms with Crippen LogP contribution < -0.4 is 15.2 Å². The Kier molecular flexibility index (Phi) is 3.40. The Balaban J connectivity index is 2.32. The summed E-state index contributed by atoms with van der Waals surface area (Å²) < 4.78 is 10.8. The van der Waals surface area contributed by atoms with Crippen molar-refractivity contribution in [1.82, 2.24) is 0 Å². The molecular weight excluding hydrogens is 246 g/mol. The monoisotopic (exact) mass is 257 g/mol.